The molecule has 0 aliphatic carbocycles. The van der Waals surface area contributed by atoms with E-state index in [1.54, 1.807) is 6.07 Å². The molecule has 8 nitrogen and oxygen atoms in total. The van der Waals surface area contributed by atoms with Crippen LogP contribution in [0.25, 0.3) is 11.1 Å². The van der Waals surface area contributed by atoms with E-state index in [1.807, 2.05) is 36.1 Å². The van der Waals surface area contributed by atoms with Crippen LogP contribution >= 0.6 is 0 Å². The average Bonchev–Trinajstić information content (AvgIpc) is 3.12. The first-order valence-corrected chi connectivity index (χ1v) is 10.5. The normalized spacial score (nSPS) is 16.1. The van der Waals surface area contributed by atoms with Crippen molar-refractivity contribution in [3.05, 3.63) is 52.1 Å². The van der Waals surface area contributed by atoms with E-state index < -0.39 is 10.5 Å². The number of anilines is 1. The SMILES string of the molecule is Cc1ccc(Oc2cc([N+](=O)[O-])c3oc(N4CCC(O)(CC(C)C)CC4)nc3c2)cc1. The summed E-state index contributed by atoms with van der Waals surface area (Å²) in [5.74, 6) is 1.33. The van der Waals surface area contributed by atoms with E-state index in [1.165, 1.54) is 6.07 Å². The van der Waals surface area contributed by atoms with E-state index in [0.29, 0.717) is 54.9 Å². The minimum Gasteiger partial charge on any atom is -0.457 e. The van der Waals surface area contributed by atoms with Gasteiger partial charge in [-0.15, -0.1) is 0 Å². The van der Waals surface area contributed by atoms with E-state index >= 15 is 0 Å². The van der Waals surface area contributed by atoms with Crippen molar-refractivity contribution in [2.24, 2.45) is 5.92 Å². The number of hydrogen-bond acceptors (Lipinski definition) is 7. The molecule has 2 heterocycles. The first-order valence-electron chi connectivity index (χ1n) is 10.5. The fraction of sp³-hybridized carbons (Fsp3) is 0.435. The third kappa shape index (κ3) is 4.64. The van der Waals surface area contributed by atoms with Gasteiger partial charge >= 0.3 is 5.69 Å². The lowest BCUT2D eigenvalue weighted by atomic mass is 9.84. The van der Waals surface area contributed by atoms with Crippen LogP contribution < -0.4 is 9.64 Å². The Hall–Kier alpha value is -3.13. The molecule has 1 aromatic heterocycles. The summed E-state index contributed by atoms with van der Waals surface area (Å²) in [6, 6.07) is 10.8. The van der Waals surface area contributed by atoms with Crippen molar-refractivity contribution in [2.45, 2.75) is 45.6 Å². The van der Waals surface area contributed by atoms with Crippen LogP contribution in [-0.4, -0.2) is 33.7 Å². The zero-order chi connectivity index (χ0) is 22.2. The molecule has 0 unspecified atom stereocenters. The van der Waals surface area contributed by atoms with Crippen LogP contribution in [0.15, 0.2) is 40.8 Å². The van der Waals surface area contributed by atoms with Gasteiger partial charge in [-0.25, -0.2) is 0 Å². The van der Waals surface area contributed by atoms with Crippen LogP contribution in [0.3, 0.4) is 0 Å². The molecule has 0 atom stereocenters. The largest absolute Gasteiger partial charge is 0.457 e. The Bertz CT molecular complexity index is 1080. The van der Waals surface area contributed by atoms with Crippen LogP contribution in [-0.2, 0) is 0 Å². The number of oxazole rings is 1. The smallest absolute Gasteiger partial charge is 0.317 e. The molecule has 0 saturated carbocycles. The van der Waals surface area contributed by atoms with Crippen LogP contribution in [0.1, 0.15) is 38.7 Å². The van der Waals surface area contributed by atoms with Gasteiger partial charge in [0.1, 0.15) is 17.0 Å². The van der Waals surface area contributed by atoms with Gasteiger partial charge in [0.25, 0.3) is 6.01 Å². The summed E-state index contributed by atoms with van der Waals surface area (Å²) < 4.78 is 11.6. The number of aliphatic hydroxyl groups is 1. The summed E-state index contributed by atoms with van der Waals surface area (Å²) in [4.78, 5) is 17.6. The molecule has 31 heavy (non-hydrogen) atoms. The molecule has 8 heteroatoms. The maximum atomic E-state index is 11.7. The molecular weight excluding hydrogens is 398 g/mol. The van der Waals surface area contributed by atoms with Gasteiger partial charge in [-0.3, -0.25) is 10.1 Å². The van der Waals surface area contributed by atoms with Crippen LogP contribution in [0.4, 0.5) is 11.7 Å². The Labute approximate surface area is 180 Å². The Morgan fingerprint density at radius 1 is 1.23 bits per heavy atom. The monoisotopic (exact) mass is 425 g/mol. The molecule has 1 N–H and O–H groups in total. The van der Waals surface area contributed by atoms with Crippen LogP contribution in [0.5, 0.6) is 11.5 Å². The van der Waals surface area contributed by atoms with E-state index in [0.717, 1.165) is 12.0 Å². The van der Waals surface area contributed by atoms with Gasteiger partial charge in [0.05, 0.1) is 16.6 Å². The second-order valence-electron chi connectivity index (χ2n) is 8.77. The van der Waals surface area contributed by atoms with E-state index in [2.05, 4.69) is 18.8 Å². The summed E-state index contributed by atoms with van der Waals surface area (Å²) >= 11 is 0. The van der Waals surface area contributed by atoms with Gasteiger partial charge in [0, 0.05) is 19.2 Å². The Balaban J connectivity index is 1.60. The molecule has 2 aromatic carbocycles. The molecule has 4 rings (SSSR count). The standard InChI is InChI=1S/C23H27N3O5/c1-15(2)14-23(27)8-10-25(11-9-23)22-24-19-12-18(13-20(26(28)29)21(19)31-22)30-17-6-4-16(3)5-7-17/h4-7,12-13,15,27H,8-11,14H2,1-3H3. The Kier molecular flexibility index (Phi) is 5.58. The molecule has 0 bridgehead atoms. The number of nitro benzene ring substituents is 1. The highest BCUT2D eigenvalue weighted by Crippen LogP contribution is 2.37. The summed E-state index contributed by atoms with van der Waals surface area (Å²) in [6.07, 6.45) is 1.96. The summed E-state index contributed by atoms with van der Waals surface area (Å²) in [6.45, 7) is 7.33. The van der Waals surface area contributed by atoms with Crippen LogP contribution in [0.2, 0.25) is 0 Å². The number of hydrogen-bond donors (Lipinski definition) is 1. The number of nitrogens with zero attached hydrogens (tertiary/aromatic N) is 3. The number of benzene rings is 2. The lowest BCUT2D eigenvalue weighted by Crippen LogP contribution is -2.45. The highest BCUT2D eigenvalue weighted by atomic mass is 16.6. The lowest BCUT2D eigenvalue weighted by Gasteiger charge is -2.38. The molecule has 0 amide bonds. The summed E-state index contributed by atoms with van der Waals surface area (Å²) in [5, 5.41) is 22.4. The molecule has 164 valence electrons. The van der Waals surface area contributed by atoms with Crippen molar-refractivity contribution in [3.63, 3.8) is 0 Å². The highest BCUT2D eigenvalue weighted by molar-refractivity contribution is 5.85. The zero-order valence-electron chi connectivity index (χ0n) is 18.0. The van der Waals surface area contributed by atoms with Gasteiger partial charge < -0.3 is 19.2 Å². The van der Waals surface area contributed by atoms with E-state index in [9.17, 15) is 15.2 Å². The van der Waals surface area contributed by atoms with Crippen LogP contribution in [0, 0.1) is 23.0 Å². The topological polar surface area (TPSA) is 102 Å². The first kappa shape index (κ1) is 21.1. The van der Waals surface area contributed by atoms with Gasteiger partial charge in [-0.05, 0) is 44.2 Å². The molecule has 0 spiro atoms. The van der Waals surface area contributed by atoms with Crippen molar-refractivity contribution in [3.8, 4) is 11.5 Å². The quantitative estimate of drug-likeness (QED) is 0.427. The molecular formula is C23H27N3O5. The van der Waals surface area contributed by atoms with E-state index in [4.69, 9.17) is 9.15 Å². The lowest BCUT2D eigenvalue weighted by molar-refractivity contribution is -0.383. The van der Waals surface area contributed by atoms with Gasteiger partial charge in [-0.2, -0.15) is 4.98 Å². The summed E-state index contributed by atoms with van der Waals surface area (Å²) in [7, 11) is 0. The van der Waals surface area contributed by atoms with Crippen molar-refractivity contribution >= 4 is 22.8 Å². The maximum absolute atomic E-state index is 11.7. The van der Waals surface area contributed by atoms with Gasteiger partial charge in [0.2, 0.25) is 5.58 Å². The number of rotatable bonds is 6. The number of non-ortho nitro benzene ring substituents is 1. The fourth-order valence-corrected chi connectivity index (χ4v) is 4.13. The Morgan fingerprint density at radius 3 is 2.52 bits per heavy atom. The number of aryl methyl sites for hydroxylation is 1. The number of nitro groups is 1. The highest BCUT2D eigenvalue weighted by Gasteiger charge is 2.34. The first-order chi connectivity index (χ1) is 14.7. The predicted octanol–water partition coefficient (Wildman–Crippen LogP) is 5.21. The van der Waals surface area contributed by atoms with Crippen molar-refractivity contribution < 1.29 is 19.2 Å². The van der Waals surface area contributed by atoms with Gasteiger partial charge in [0.15, 0.2) is 0 Å². The minimum atomic E-state index is -0.683. The maximum Gasteiger partial charge on any atom is 0.317 e. The Morgan fingerprint density at radius 2 is 1.90 bits per heavy atom. The van der Waals surface area contributed by atoms with Crippen molar-refractivity contribution in [1.82, 2.24) is 4.98 Å². The number of ether oxygens (including phenoxy) is 1. The number of piperidine rings is 1. The third-order valence-electron chi connectivity index (χ3n) is 5.64. The average molecular weight is 425 g/mol. The molecule has 1 aliphatic rings. The molecule has 1 fully saturated rings. The van der Waals surface area contributed by atoms with E-state index in [-0.39, 0.29) is 11.3 Å². The fourth-order valence-electron chi connectivity index (χ4n) is 4.13. The number of aromatic nitrogens is 1. The molecule has 1 saturated heterocycles. The summed E-state index contributed by atoms with van der Waals surface area (Å²) in [5.41, 5.74) is 0.717. The second-order valence-corrected chi connectivity index (χ2v) is 8.77. The molecule has 3 aromatic rings. The van der Waals surface area contributed by atoms with Crippen molar-refractivity contribution in [2.75, 3.05) is 18.0 Å². The molecule has 0 radical (unpaired) electrons. The third-order valence-corrected chi connectivity index (χ3v) is 5.64. The zero-order valence-corrected chi connectivity index (χ0v) is 18.0. The predicted molar refractivity (Wildman–Crippen MR) is 118 cm³/mol. The second kappa shape index (κ2) is 8.19. The van der Waals surface area contributed by atoms with Gasteiger partial charge in [-0.1, -0.05) is 31.5 Å². The molecule has 1 aliphatic heterocycles. The minimum absolute atomic E-state index is 0.124. The number of fused-ring (bicyclic) bond motifs is 1. The van der Waals surface area contributed by atoms with Crippen molar-refractivity contribution in [1.29, 1.82) is 0 Å².